The van der Waals surface area contributed by atoms with Crippen LogP contribution >= 0.6 is 0 Å². The zero-order chi connectivity index (χ0) is 7.98. The van der Waals surface area contributed by atoms with Crippen molar-refractivity contribution in [3.05, 3.63) is 0 Å². The Labute approximate surface area is 64.1 Å². The highest BCUT2D eigenvalue weighted by molar-refractivity contribution is 7.69. The summed E-state index contributed by atoms with van der Waals surface area (Å²) in [6.45, 7) is 2.75. The van der Waals surface area contributed by atoms with E-state index in [0.717, 1.165) is 19.3 Å². The summed E-state index contributed by atoms with van der Waals surface area (Å²) in [5.41, 5.74) is 0. The molecule has 0 heterocycles. The van der Waals surface area contributed by atoms with Crippen molar-refractivity contribution in [2.75, 3.05) is 13.6 Å². The minimum absolute atomic E-state index is 0.659. The Morgan fingerprint density at radius 3 is 2.30 bits per heavy atom. The van der Waals surface area contributed by atoms with Crippen molar-refractivity contribution >= 4 is 10.9 Å². The maximum Gasteiger partial charge on any atom is 0.203 e. The summed E-state index contributed by atoms with van der Waals surface area (Å²) in [5, 5.41) is 0. The van der Waals surface area contributed by atoms with Crippen LogP contribution in [0.4, 0.5) is 0 Å². The van der Waals surface area contributed by atoms with Crippen molar-refractivity contribution in [1.29, 1.82) is 0 Å². The number of thiol groups is 1. The zero-order valence-electron chi connectivity index (χ0n) is 6.54. The van der Waals surface area contributed by atoms with E-state index in [0.29, 0.717) is 6.54 Å². The Morgan fingerprint density at radius 1 is 1.30 bits per heavy atom. The number of nitrogens with zero attached hydrogens (tertiary/aromatic N) is 1. The normalized spacial score (nSPS) is 11.2. The maximum atomic E-state index is 10.3. The molecule has 0 saturated heterocycles. The summed E-state index contributed by atoms with van der Waals surface area (Å²) in [6, 6.07) is 0. The minimum Gasteiger partial charge on any atom is -0.215 e. The lowest BCUT2D eigenvalue weighted by atomic mass is 10.2. The van der Waals surface area contributed by atoms with Crippen LogP contribution in [0.5, 0.6) is 0 Å². The van der Waals surface area contributed by atoms with Crippen LogP contribution in [0.2, 0.25) is 0 Å². The molecule has 0 bridgehead atoms. The van der Waals surface area contributed by atoms with Gasteiger partial charge < -0.3 is 0 Å². The van der Waals surface area contributed by atoms with Crippen molar-refractivity contribution in [3.8, 4) is 0 Å². The molecule has 62 valence electrons. The molecule has 0 aromatic heterocycles. The highest BCUT2D eigenvalue weighted by atomic mass is 32.2. The van der Waals surface area contributed by atoms with Crippen molar-refractivity contribution in [2.45, 2.75) is 26.2 Å². The lowest BCUT2D eigenvalue weighted by Crippen LogP contribution is -2.16. The predicted octanol–water partition coefficient (Wildman–Crippen LogP) is 0.635. The van der Waals surface area contributed by atoms with Crippen LogP contribution in [0.1, 0.15) is 26.2 Å². The molecule has 3 nitrogen and oxygen atoms in total. The second-order valence-electron chi connectivity index (χ2n) is 2.33. The fraction of sp³-hybridized carbons (Fsp3) is 1.00. The molecule has 0 saturated carbocycles. The summed E-state index contributed by atoms with van der Waals surface area (Å²) in [6.07, 6.45) is 3.20. The second-order valence-corrected chi connectivity index (χ2v) is 3.48. The van der Waals surface area contributed by atoms with Gasteiger partial charge in [-0.2, -0.15) is 0 Å². The molecule has 0 aromatic carbocycles. The zero-order valence-corrected chi connectivity index (χ0v) is 7.43. The van der Waals surface area contributed by atoms with Crippen molar-refractivity contribution in [1.82, 2.24) is 4.31 Å². The second kappa shape index (κ2) is 5.68. The van der Waals surface area contributed by atoms with Gasteiger partial charge in [-0.3, -0.25) is 0 Å². The van der Waals surface area contributed by atoms with Gasteiger partial charge in [0.15, 0.2) is 0 Å². The first-order valence-corrected chi connectivity index (χ1v) is 4.67. The first-order chi connectivity index (χ1) is 4.68. The van der Waals surface area contributed by atoms with E-state index in [-0.39, 0.29) is 0 Å². The first-order valence-electron chi connectivity index (χ1n) is 3.54. The molecule has 0 fully saturated rings. The Balaban J connectivity index is 3.30. The Bertz CT molecular complexity index is 137. The highest BCUT2D eigenvalue weighted by Gasteiger charge is 1.96. The van der Waals surface area contributed by atoms with Gasteiger partial charge in [-0.05, 0) is 6.42 Å². The summed E-state index contributed by atoms with van der Waals surface area (Å²) in [4.78, 5) is 0. The summed E-state index contributed by atoms with van der Waals surface area (Å²) >= 11 is 0. The van der Waals surface area contributed by atoms with Gasteiger partial charge in [-0.25, -0.2) is 12.7 Å². The summed E-state index contributed by atoms with van der Waals surface area (Å²) in [7, 11) is -0.746. The van der Waals surface area contributed by atoms with Crippen molar-refractivity contribution in [3.63, 3.8) is 0 Å². The minimum atomic E-state index is -2.34. The van der Waals surface area contributed by atoms with Crippen LogP contribution in [-0.4, -0.2) is 26.3 Å². The lowest BCUT2D eigenvalue weighted by Gasteiger charge is -2.06. The van der Waals surface area contributed by atoms with E-state index in [1.165, 1.54) is 4.31 Å². The average molecular weight is 165 g/mol. The van der Waals surface area contributed by atoms with Crippen molar-refractivity contribution < 1.29 is 8.42 Å². The molecule has 0 amide bonds. The van der Waals surface area contributed by atoms with Gasteiger partial charge in [-0.15, -0.1) is 0 Å². The number of hydrogen-bond donors (Lipinski definition) is 1. The van der Waals surface area contributed by atoms with E-state index in [1.54, 1.807) is 7.05 Å². The Morgan fingerprint density at radius 2 is 1.90 bits per heavy atom. The molecule has 0 N–H and O–H groups in total. The molecule has 0 spiro atoms. The van der Waals surface area contributed by atoms with Crippen LogP contribution in [0.25, 0.3) is 0 Å². The molecule has 10 heavy (non-hydrogen) atoms. The van der Waals surface area contributed by atoms with E-state index in [2.05, 4.69) is 6.92 Å². The fourth-order valence-corrected chi connectivity index (χ4v) is 0.977. The van der Waals surface area contributed by atoms with E-state index in [1.807, 2.05) is 0 Å². The maximum absolute atomic E-state index is 10.3. The third-order valence-corrected chi connectivity index (χ3v) is 2.12. The number of unbranched alkanes of at least 4 members (excludes halogenated alkanes) is 2. The topological polar surface area (TPSA) is 37.4 Å². The quantitative estimate of drug-likeness (QED) is 0.479. The van der Waals surface area contributed by atoms with Gasteiger partial charge >= 0.3 is 0 Å². The van der Waals surface area contributed by atoms with E-state index in [4.69, 9.17) is 0 Å². The van der Waals surface area contributed by atoms with Crippen LogP contribution in [0.3, 0.4) is 0 Å². The van der Waals surface area contributed by atoms with E-state index in [9.17, 15) is 8.42 Å². The van der Waals surface area contributed by atoms with Gasteiger partial charge in [0.2, 0.25) is 10.9 Å². The molecule has 0 aromatic rings. The van der Waals surface area contributed by atoms with Gasteiger partial charge in [-0.1, -0.05) is 19.8 Å². The van der Waals surface area contributed by atoms with Gasteiger partial charge in [0.1, 0.15) is 0 Å². The number of rotatable bonds is 5. The van der Waals surface area contributed by atoms with E-state index >= 15 is 0 Å². The number of hydrogen-bond acceptors (Lipinski definition) is 2. The molecule has 0 aliphatic heterocycles. The third-order valence-electron chi connectivity index (χ3n) is 1.36. The largest absolute Gasteiger partial charge is 0.215 e. The molecule has 0 atom stereocenters. The SMILES string of the molecule is CCCCCN(C)[SH](=O)=O. The average Bonchev–Trinajstić information content (AvgIpc) is 1.88. The highest BCUT2D eigenvalue weighted by Crippen LogP contribution is 1.95. The smallest absolute Gasteiger partial charge is 0.203 e. The molecular weight excluding hydrogens is 150 g/mol. The summed E-state index contributed by atoms with van der Waals surface area (Å²) < 4.78 is 21.9. The van der Waals surface area contributed by atoms with Crippen LogP contribution in [0.15, 0.2) is 0 Å². The molecule has 0 radical (unpaired) electrons. The summed E-state index contributed by atoms with van der Waals surface area (Å²) in [5.74, 6) is 0. The first kappa shape index (κ1) is 9.91. The molecule has 0 aliphatic carbocycles. The van der Waals surface area contributed by atoms with Crippen LogP contribution < -0.4 is 0 Å². The standard InChI is InChI=1S/C6H15NO2S/c1-3-4-5-6-7(2)10(8)9/h10H,3-6H2,1-2H3. The molecule has 0 unspecified atom stereocenters. The molecule has 0 rings (SSSR count). The molecule has 0 aliphatic rings. The Hall–Kier alpha value is -0.0900. The van der Waals surface area contributed by atoms with Gasteiger partial charge in [0.25, 0.3) is 0 Å². The van der Waals surface area contributed by atoms with Gasteiger partial charge in [0, 0.05) is 13.6 Å². The molecular formula is C6H15NO2S. The predicted molar refractivity (Wildman–Crippen MR) is 42.5 cm³/mol. The molecule has 4 heteroatoms. The third kappa shape index (κ3) is 4.76. The Kier molecular flexibility index (Phi) is 5.63. The van der Waals surface area contributed by atoms with Gasteiger partial charge in [0.05, 0.1) is 0 Å². The van der Waals surface area contributed by atoms with Crippen LogP contribution in [0, 0.1) is 0 Å². The lowest BCUT2D eigenvalue weighted by molar-refractivity contribution is 0.471. The van der Waals surface area contributed by atoms with Crippen molar-refractivity contribution in [2.24, 2.45) is 0 Å². The monoisotopic (exact) mass is 165 g/mol. The van der Waals surface area contributed by atoms with E-state index < -0.39 is 10.9 Å². The fourth-order valence-electron chi connectivity index (χ4n) is 0.672. The van der Waals surface area contributed by atoms with Crippen LogP contribution in [-0.2, 0) is 10.9 Å².